The van der Waals surface area contributed by atoms with Crippen molar-refractivity contribution in [1.82, 2.24) is 0 Å². The van der Waals surface area contributed by atoms with E-state index in [1.807, 2.05) is 6.92 Å². The Kier molecular flexibility index (Phi) is 7.61. The molecule has 0 unspecified atom stereocenters. The molecule has 0 heterocycles. The normalized spacial score (nSPS) is 12.0. The monoisotopic (exact) mass is 204 g/mol. The second-order valence-corrected chi connectivity index (χ2v) is 8.07. The van der Waals surface area contributed by atoms with Gasteiger partial charge in [-0.3, -0.25) is 0 Å². The summed E-state index contributed by atoms with van der Waals surface area (Å²) in [7, 11) is -1.35. The minimum absolute atomic E-state index is 0.755. The first-order valence-electron chi connectivity index (χ1n) is 5.46. The molecule has 0 aliphatic rings. The average Bonchev–Trinajstić information content (AvgIpc) is 2.20. The van der Waals surface area contributed by atoms with Crippen LogP contribution in [-0.4, -0.2) is 28.1 Å². The number of rotatable bonds is 8. The van der Waals surface area contributed by atoms with Gasteiger partial charge in [-0.2, -0.15) is 0 Å². The molecule has 13 heavy (non-hydrogen) atoms. The third-order valence-corrected chi connectivity index (χ3v) is 7.46. The van der Waals surface area contributed by atoms with Gasteiger partial charge in [0.15, 0.2) is 8.32 Å². The van der Waals surface area contributed by atoms with Gasteiger partial charge in [0.25, 0.3) is 0 Å². The lowest BCUT2D eigenvalue weighted by Gasteiger charge is -2.27. The molecule has 0 radical (unpaired) electrons. The summed E-state index contributed by atoms with van der Waals surface area (Å²) in [6.45, 7) is 11.1. The molecule has 0 spiro atoms. The third kappa shape index (κ3) is 4.79. The van der Waals surface area contributed by atoms with E-state index in [1.165, 1.54) is 18.1 Å². The zero-order valence-electron chi connectivity index (χ0n) is 9.56. The number of hydrogen-bond donors (Lipinski definition) is 0. The highest BCUT2D eigenvalue weighted by Crippen LogP contribution is 2.21. The summed E-state index contributed by atoms with van der Waals surface area (Å²) in [5.41, 5.74) is 0. The van der Waals surface area contributed by atoms with E-state index >= 15 is 0 Å². The van der Waals surface area contributed by atoms with Gasteiger partial charge in [-0.05, 0) is 25.1 Å². The summed E-state index contributed by atoms with van der Waals surface area (Å²) in [5, 5.41) is 0. The highest BCUT2D eigenvalue weighted by Gasteiger charge is 2.28. The van der Waals surface area contributed by atoms with Gasteiger partial charge in [0.1, 0.15) is 0 Å². The minimum atomic E-state index is -1.35. The molecule has 0 rings (SSSR count). The van der Waals surface area contributed by atoms with Gasteiger partial charge in [-0.1, -0.05) is 20.8 Å². The smallest absolute Gasteiger partial charge is 0.192 e. The summed E-state index contributed by atoms with van der Waals surface area (Å²) in [5.74, 6) is 0. The van der Waals surface area contributed by atoms with E-state index in [0.29, 0.717) is 0 Å². The van der Waals surface area contributed by atoms with Crippen molar-refractivity contribution >= 4 is 8.32 Å². The van der Waals surface area contributed by atoms with Crippen molar-refractivity contribution in [3.05, 3.63) is 0 Å². The van der Waals surface area contributed by atoms with Gasteiger partial charge >= 0.3 is 0 Å². The summed E-state index contributed by atoms with van der Waals surface area (Å²) in [6, 6.07) is 3.68. The molecule has 0 aromatic heterocycles. The van der Waals surface area contributed by atoms with Crippen molar-refractivity contribution in [3.8, 4) is 0 Å². The largest absolute Gasteiger partial charge is 0.414 e. The fourth-order valence-electron chi connectivity index (χ4n) is 1.52. The quantitative estimate of drug-likeness (QED) is 0.447. The average molecular weight is 204 g/mol. The molecule has 2 nitrogen and oxygen atoms in total. The molecule has 0 aliphatic heterocycles. The Morgan fingerprint density at radius 2 is 1.38 bits per heavy atom. The first-order valence-corrected chi connectivity index (χ1v) is 7.99. The molecule has 0 aromatic rings. The Balaban J connectivity index is 3.68. The Bertz CT molecular complexity index is 105. The van der Waals surface area contributed by atoms with E-state index in [2.05, 4.69) is 20.8 Å². The Labute approximate surface area is 83.8 Å². The molecule has 0 bridgehead atoms. The Hall–Kier alpha value is 0.137. The van der Waals surface area contributed by atoms with E-state index in [0.717, 1.165) is 19.8 Å². The highest BCUT2D eigenvalue weighted by molar-refractivity contribution is 6.73. The van der Waals surface area contributed by atoms with Crippen LogP contribution >= 0.6 is 0 Å². The standard InChI is InChI=1S/C10H24O2Si/c1-5-11-9-10-12-13(6-2,7-3)8-4/h5-10H2,1-4H3. The predicted octanol–water partition coefficient (Wildman–Crippen LogP) is 3.04. The van der Waals surface area contributed by atoms with Crippen LogP contribution in [0.2, 0.25) is 18.1 Å². The lowest BCUT2D eigenvalue weighted by molar-refractivity contribution is 0.106. The lowest BCUT2D eigenvalue weighted by Crippen LogP contribution is -2.36. The van der Waals surface area contributed by atoms with Gasteiger partial charge in [0.2, 0.25) is 0 Å². The van der Waals surface area contributed by atoms with Crippen LogP contribution in [0, 0.1) is 0 Å². The van der Waals surface area contributed by atoms with Gasteiger partial charge < -0.3 is 9.16 Å². The second-order valence-electron chi connectivity index (χ2n) is 3.29. The lowest BCUT2D eigenvalue weighted by atomic mass is 10.8. The van der Waals surface area contributed by atoms with Crippen molar-refractivity contribution < 1.29 is 9.16 Å². The van der Waals surface area contributed by atoms with Crippen LogP contribution in [0.4, 0.5) is 0 Å². The molecule has 0 atom stereocenters. The highest BCUT2D eigenvalue weighted by atomic mass is 28.4. The molecule has 0 saturated carbocycles. The van der Waals surface area contributed by atoms with Crippen molar-refractivity contribution in [2.45, 2.75) is 45.8 Å². The van der Waals surface area contributed by atoms with Crippen LogP contribution in [0.15, 0.2) is 0 Å². The predicted molar refractivity (Wildman–Crippen MR) is 59.6 cm³/mol. The van der Waals surface area contributed by atoms with E-state index in [1.54, 1.807) is 0 Å². The second kappa shape index (κ2) is 7.53. The number of ether oxygens (including phenoxy) is 1. The third-order valence-electron chi connectivity index (χ3n) is 2.77. The molecule has 0 aliphatic carbocycles. The summed E-state index contributed by atoms with van der Waals surface area (Å²) < 4.78 is 11.3. The summed E-state index contributed by atoms with van der Waals surface area (Å²) >= 11 is 0. The van der Waals surface area contributed by atoms with Gasteiger partial charge in [0, 0.05) is 6.61 Å². The fraction of sp³-hybridized carbons (Fsp3) is 1.00. The first kappa shape index (κ1) is 13.1. The Morgan fingerprint density at radius 1 is 0.846 bits per heavy atom. The first-order chi connectivity index (χ1) is 6.24. The van der Waals surface area contributed by atoms with Crippen LogP contribution in [0.1, 0.15) is 27.7 Å². The Morgan fingerprint density at radius 3 is 1.77 bits per heavy atom. The fourth-order valence-corrected chi connectivity index (χ4v) is 4.15. The van der Waals surface area contributed by atoms with Crippen LogP contribution in [-0.2, 0) is 9.16 Å². The van der Waals surface area contributed by atoms with Crippen LogP contribution < -0.4 is 0 Å². The molecule has 0 amide bonds. The molecule has 0 aromatic carbocycles. The molecule has 0 saturated heterocycles. The molecule has 3 heteroatoms. The summed E-state index contributed by atoms with van der Waals surface area (Å²) in [4.78, 5) is 0. The zero-order valence-corrected chi connectivity index (χ0v) is 10.6. The van der Waals surface area contributed by atoms with E-state index in [9.17, 15) is 0 Å². The van der Waals surface area contributed by atoms with Crippen molar-refractivity contribution in [2.24, 2.45) is 0 Å². The van der Waals surface area contributed by atoms with Crippen molar-refractivity contribution in [3.63, 3.8) is 0 Å². The van der Waals surface area contributed by atoms with Crippen LogP contribution in [0.25, 0.3) is 0 Å². The van der Waals surface area contributed by atoms with E-state index < -0.39 is 8.32 Å². The number of hydrogen-bond acceptors (Lipinski definition) is 2. The summed E-state index contributed by atoms with van der Waals surface area (Å²) in [6.07, 6.45) is 0. The van der Waals surface area contributed by atoms with E-state index in [-0.39, 0.29) is 0 Å². The zero-order chi connectivity index (χ0) is 10.2. The molecular weight excluding hydrogens is 180 g/mol. The van der Waals surface area contributed by atoms with E-state index in [4.69, 9.17) is 9.16 Å². The van der Waals surface area contributed by atoms with Crippen LogP contribution in [0.3, 0.4) is 0 Å². The van der Waals surface area contributed by atoms with Gasteiger partial charge in [-0.15, -0.1) is 0 Å². The van der Waals surface area contributed by atoms with Crippen molar-refractivity contribution in [2.75, 3.05) is 19.8 Å². The molecular formula is C10H24O2Si. The van der Waals surface area contributed by atoms with Gasteiger partial charge in [0.05, 0.1) is 13.2 Å². The minimum Gasteiger partial charge on any atom is -0.414 e. The SMILES string of the molecule is CCOCCO[Si](CC)(CC)CC. The molecule has 0 N–H and O–H groups in total. The van der Waals surface area contributed by atoms with Crippen molar-refractivity contribution in [1.29, 1.82) is 0 Å². The molecule has 80 valence electrons. The van der Waals surface area contributed by atoms with Crippen LogP contribution in [0.5, 0.6) is 0 Å². The maximum absolute atomic E-state index is 5.99. The maximum atomic E-state index is 5.99. The molecule has 0 fully saturated rings. The van der Waals surface area contributed by atoms with Gasteiger partial charge in [-0.25, -0.2) is 0 Å². The topological polar surface area (TPSA) is 18.5 Å². The maximum Gasteiger partial charge on any atom is 0.192 e.